The maximum atomic E-state index is 13.6. The second-order valence-electron chi connectivity index (χ2n) is 8.71. The fraction of sp³-hybridized carbons (Fsp3) is 0.440. The average Bonchev–Trinajstić information content (AvgIpc) is 2.84. The third-order valence-electron chi connectivity index (χ3n) is 5.75. The molecule has 2 rings (SSSR count). The Kier molecular flexibility index (Phi) is 10.4. The second-order valence-corrected chi connectivity index (χ2v) is 10.6. The normalized spacial score (nSPS) is 11.9. The van der Waals surface area contributed by atoms with Crippen molar-refractivity contribution in [3.05, 3.63) is 63.7 Å². The molecule has 2 amide bonds. The molecule has 1 atom stereocenters. The van der Waals surface area contributed by atoms with E-state index in [0.29, 0.717) is 6.54 Å². The molecule has 1 N–H and O–H groups in total. The van der Waals surface area contributed by atoms with Crippen LogP contribution >= 0.6 is 0 Å². The van der Waals surface area contributed by atoms with Crippen LogP contribution in [-0.2, 0) is 26.2 Å². The van der Waals surface area contributed by atoms with Crippen molar-refractivity contribution in [2.45, 2.75) is 46.2 Å². The minimum absolute atomic E-state index is 0.0411. The molecule has 0 aliphatic carbocycles. The van der Waals surface area contributed by atoms with Crippen LogP contribution in [0.3, 0.4) is 0 Å². The zero-order valence-corrected chi connectivity index (χ0v) is 22.6. The predicted octanol–water partition coefficient (Wildman–Crippen LogP) is 3.01. The number of rotatable bonds is 13. The SMILES string of the molecule is CCCCNC(=O)[C@@H](C)N(Cc1cccc(C)c1)C(=O)CN(c1cc([N+](=O)[O-])ccc1OC)S(C)(=O)=O. The lowest BCUT2D eigenvalue weighted by atomic mass is 10.1. The van der Waals surface area contributed by atoms with Gasteiger partial charge in [0.2, 0.25) is 21.8 Å². The van der Waals surface area contributed by atoms with E-state index < -0.39 is 33.4 Å². The molecule has 0 saturated heterocycles. The van der Waals surface area contributed by atoms with Gasteiger partial charge >= 0.3 is 0 Å². The number of aryl methyl sites for hydroxylation is 1. The number of nitrogens with one attached hydrogen (secondary N) is 1. The first-order chi connectivity index (χ1) is 17.4. The van der Waals surface area contributed by atoms with Crippen molar-refractivity contribution in [2.75, 3.05) is 30.8 Å². The number of sulfonamides is 1. The molecule has 2 aromatic carbocycles. The van der Waals surface area contributed by atoms with E-state index in [0.717, 1.165) is 40.6 Å². The second kappa shape index (κ2) is 13.0. The molecule has 202 valence electrons. The van der Waals surface area contributed by atoms with Crippen molar-refractivity contribution in [1.29, 1.82) is 0 Å². The zero-order valence-electron chi connectivity index (χ0n) is 21.8. The molecule has 0 aliphatic rings. The summed E-state index contributed by atoms with van der Waals surface area (Å²) in [5.41, 5.74) is 1.21. The smallest absolute Gasteiger partial charge is 0.271 e. The van der Waals surface area contributed by atoms with Crippen LogP contribution in [0, 0.1) is 17.0 Å². The van der Waals surface area contributed by atoms with E-state index in [-0.39, 0.29) is 29.6 Å². The van der Waals surface area contributed by atoms with Gasteiger partial charge in [0.1, 0.15) is 24.0 Å². The molecule has 0 unspecified atom stereocenters. The summed E-state index contributed by atoms with van der Waals surface area (Å²) in [4.78, 5) is 38.5. The summed E-state index contributed by atoms with van der Waals surface area (Å²) >= 11 is 0. The quantitative estimate of drug-likeness (QED) is 0.237. The van der Waals surface area contributed by atoms with E-state index in [1.165, 1.54) is 24.1 Å². The molecule has 0 fully saturated rings. The van der Waals surface area contributed by atoms with Gasteiger partial charge in [0, 0.05) is 25.2 Å². The van der Waals surface area contributed by atoms with Crippen LogP contribution in [0.5, 0.6) is 5.75 Å². The number of methoxy groups -OCH3 is 1. The Balaban J connectivity index is 2.48. The number of carbonyl (C=O) groups is 2. The highest BCUT2D eigenvalue weighted by Gasteiger charge is 2.32. The number of hydrogen-bond donors (Lipinski definition) is 1. The molecule has 11 nitrogen and oxygen atoms in total. The van der Waals surface area contributed by atoms with Crippen molar-refractivity contribution in [2.24, 2.45) is 0 Å². The molecule has 2 aromatic rings. The van der Waals surface area contributed by atoms with Gasteiger partial charge in [0.25, 0.3) is 5.69 Å². The van der Waals surface area contributed by atoms with Crippen LogP contribution in [0.25, 0.3) is 0 Å². The summed E-state index contributed by atoms with van der Waals surface area (Å²) in [6, 6.07) is 10.00. The number of nitro benzene ring substituents is 1. The van der Waals surface area contributed by atoms with Crippen molar-refractivity contribution >= 4 is 33.2 Å². The maximum absolute atomic E-state index is 13.6. The lowest BCUT2D eigenvalue weighted by Crippen LogP contribution is -2.51. The number of ether oxygens (including phenoxy) is 1. The molecular formula is C25H34N4O7S. The number of unbranched alkanes of at least 4 members (excludes halogenated alkanes) is 1. The summed E-state index contributed by atoms with van der Waals surface area (Å²) < 4.78 is 31.5. The number of amides is 2. The Morgan fingerprint density at radius 2 is 1.89 bits per heavy atom. The summed E-state index contributed by atoms with van der Waals surface area (Å²) in [5.74, 6) is -0.980. The van der Waals surface area contributed by atoms with Crippen molar-refractivity contribution in [3.63, 3.8) is 0 Å². The van der Waals surface area contributed by atoms with Crippen LogP contribution in [-0.4, -0.2) is 62.6 Å². The largest absolute Gasteiger partial charge is 0.495 e. The van der Waals surface area contributed by atoms with E-state index >= 15 is 0 Å². The first-order valence-electron chi connectivity index (χ1n) is 11.8. The average molecular weight is 535 g/mol. The Hall–Kier alpha value is -3.67. The first-order valence-corrected chi connectivity index (χ1v) is 13.7. The number of anilines is 1. The summed E-state index contributed by atoms with van der Waals surface area (Å²) in [6.07, 6.45) is 2.55. The highest BCUT2D eigenvalue weighted by molar-refractivity contribution is 7.92. The minimum Gasteiger partial charge on any atom is -0.495 e. The molecule has 0 radical (unpaired) electrons. The lowest BCUT2D eigenvalue weighted by Gasteiger charge is -2.31. The molecule has 37 heavy (non-hydrogen) atoms. The predicted molar refractivity (Wildman–Crippen MR) is 141 cm³/mol. The van der Waals surface area contributed by atoms with Gasteiger partial charge in [-0.3, -0.25) is 24.0 Å². The van der Waals surface area contributed by atoms with Gasteiger partial charge < -0.3 is 15.0 Å². The lowest BCUT2D eigenvalue weighted by molar-refractivity contribution is -0.384. The fourth-order valence-corrected chi connectivity index (χ4v) is 4.55. The van der Waals surface area contributed by atoms with E-state index in [2.05, 4.69) is 5.32 Å². The van der Waals surface area contributed by atoms with E-state index in [1.807, 2.05) is 38.1 Å². The van der Waals surface area contributed by atoms with Gasteiger partial charge in [-0.2, -0.15) is 0 Å². The Bertz CT molecular complexity index is 1230. The maximum Gasteiger partial charge on any atom is 0.271 e. The number of benzene rings is 2. The number of hydrogen-bond acceptors (Lipinski definition) is 7. The molecule has 0 aromatic heterocycles. The topological polar surface area (TPSA) is 139 Å². The molecule has 0 spiro atoms. The fourth-order valence-electron chi connectivity index (χ4n) is 3.71. The first kappa shape index (κ1) is 29.6. The van der Waals surface area contributed by atoms with Crippen molar-refractivity contribution < 1.29 is 27.7 Å². The Labute approximate surface area is 217 Å². The summed E-state index contributed by atoms with van der Waals surface area (Å²) in [6.45, 7) is 5.29. The summed E-state index contributed by atoms with van der Waals surface area (Å²) in [7, 11) is -2.79. The number of nitro groups is 1. The molecule has 0 aliphatic heterocycles. The molecule has 0 saturated carbocycles. The highest BCUT2D eigenvalue weighted by atomic mass is 32.2. The van der Waals surface area contributed by atoms with Gasteiger partial charge in [-0.1, -0.05) is 43.2 Å². The van der Waals surface area contributed by atoms with Gasteiger partial charge in [-0.25, -0.2) is 8.42 Å². The van der Waals surface area contributed by atoms with E-state index in [1.54, 1.807) is 6.92 Å². The molecule has 0 bridgehead atoms. The Morgan fingerprint density at radius 3 is 2.46 bits per heavy atom. The monoisotopic (exact) mass is 534 g/mol. The number of non-ortho nitro benzene ring substituents is 1. The molecule has 0 heterocycles. The van der Waals surface area contributed by atoms with Gasteiger partial charge in [0.15, 0.2) is 0 Å². The molecular weight excluding hydrogens is 500 g/mol. The van der Waals surface area contributed by atoms with E-state index in [9.17, 15) is 28.1 Å². The number of carbonyl (C=O) groups excluding carboxylic acids is 2. The van der Waals surface area contributed by atoms with Crippen LogP contribution in [0.4, 0.5) is 11.4 Å². The zero-order chi connectivity index (χ0) is 27.8. The number of nitrogens with zero attached hydrogens (tertiary/aromatic N) is 3. The third-order valence-corrected chi connectivity index (χ3v) is 6.88. The minimum atomic E-state index is -4.08. The van der Waals surface area contributed by atoms with Crippen LogP contribution in [0.1, 0.15) is 37.8 Å². The third kappa shape index (κ3) is 8.17. The van der Waals surface area contributed by atoms with Gasteiger partial charge in [-0.15, -0.1) is 0 Å². The van der Waals surface area contributed by atoms with Crippen molar-refractivity contribution in [1.82, 2.24) is 10.2 Å². The van der Waals surface area contributed by atoms with E-state index in [4.69, 9.17) is 4.74 Å². The van der Waals surface area contributed by atoms with Gasteiger partial charge in [-0.05, 0) is 31.9 Å². The van der Waals surface area contributed by atoms with Crippen LogP contribution < -0.4 is 14.4 Å². The van der Waals surface area contributed by atoms with Crippen LogP contribution in [0.15, 0.2) is 42.5 Å². The molecule has 12 heteroatoms. The summed E-state index contributed by atoms with van der Waals surface area (Å²) in [5, 5.41) is 14.1. The van der Waals surface area contributed by atoms with Crippen molar-refractivity contribution in [3.8, 4) is 5.75 Å². The highest BCUT2D eigenvalue weighted by Crippen LogP contribution is 2.33. The standard InChI is InChI=1S/C25H34N4O7S/c1-6-7-13-26-25(31)19(3)27(16-20-10-8-9-18(2)14-20)24(30)17-28(37(5,34)35)22-15-21(29(32)33)11-12-23(22)36-4/h8-12,14-15,19H,6-7,13,16-17H2,1-5H3,(H,26,31)/t19-/m1/s1. The van der Waals surface area contributed by atoms with Crippen LogP contribution in [0.2, 0.25) is 0 Å². The van der Waals surface area contributed by atoms with Gasteiger partial charge in [0.05, 0.1) is 18.3 Å². The Morgan fingerprint density at radius 1 is 1.19 bits per heavy atom.